The summed E-state index contributed by atoms with van der Waals surface area (Å²) >= 11 is 2.93. The van der Waals surface area contributed by atoms with Gasteiger partial charge in [-0.15, -0.1) is 0 Å². The van der Waals surface area contributed by atoms with Gasteiger partial charge in [-0.3, -0.25) is 4.79 Å². The first-order chi connectivity index (χ1) is 6.45. The zero-order valence-corrected chi connectivity index (χ0v) is 9.10. The minimum Gasteiger partial charge on any atom is -0.508 e. The molecule has 0 fully saturated rings. The van der Waals surface area contributed by atoms with Crippen molar-refractivity contribution in [3.05, 3.63) is 29.8 Å². The maximum Gasteiger partial charge on any atom is 0.300 e. The van der Waals surface area contributed by atoms with E-state index in [4.69, 9.17) is 20.1 Å². The summed E-state index contributed by atoms with van der Waals surface area (Å²) < 4.78 is 0. The first kappa shape index (κ1) is 12.9. The van der Waals surface area contributed by atoms with Crippen LogP contribution < -0.4 is 0 Å². The van der Waals surface area contributed by atoms with Crippen LogP contribution in [0.5, 0.6) is 5.75 Å². The van der Waals surface area contributed by atoms with Gasteiger partial charge in [0, 0.05) is 12.5 Å². The fraction of sp³-hybridized carbons (Fsp3) is 0.222. The van der Waals surface area contributed by atoms with Gasteiger partial charge in [0.05, 0.1) is 0 Å². The third-order valence-corrected chi connectivity index (χ3v) is 1.69. The predicted octanol–water partition coefficient (Wildman–Crippen LogP) is 1.87. The number of phenolic OH excluding ortho intramolecular Hbond substituents is 1. The zero-order chi connectivity index (χ0) is 11.1. The highest BCUT2D eigenvalue weighted by molar-refractivity contribution is 9.09. The largest absolute Gasteiger partial charge is 0.508 e. The van der Waals surface area contributed by atoms with Gasteiger partial charge in [-0.1, -0.05) is 34.1 Å². The molecule has 0 bridgehead atoms. The molecule has 78 valence electrons. The third-order valence-electron chi connectivity index (χ3n) is 1.19. The number of benzene rings is 1. The average Bonchev–Trinajstić information content (AvgIpc) is 2.03. The fourth-order valence-corrected chi connectivity index (χ4v) is 1.08. The second-order valence-electron chi connectivity index (χ2n) is 2.41. The van der Waals surface area contributed by atoms with Crippen molar-refractivity contribution in [1.82, 2.24) is 0 Å². The Kier molecular flexibility index (Phi) is 5.91. The SMILES string of the molecule is CC(=O)O.Oc1ccccc1C(O)Br. The van der Waals surface area contributed by atoms with Gasteiger partial charge in [0.2, 0.25) is 0 Å². The number of carboxylic acid groups (broad SMARTS) is 1. The van der Waals surface area contributed by atoms with Crippen LogP contribution in [0.4, 0.5) is 0 Å². The molecule has 0 radical (unpaired) electrons. The zero-order valence-electron chi connectivity index (χ0n) is 7.51. The van der Waals surface area contributed by atoms with E-state index in [1.54, 1.807) is 18.2 Å². The van der Waals surface area contributed by atoms with Crippen molar-refractivity contribution >= 4 is 21.9 Å². The molecule has 0 aliphatic rings. The maximum absolute atomic E-state index is 9.09. The lowest BCUT2D eigenvalue weighted by Gasteiger charge is -2.03. The van der Waals surface area contributed by atoms with Gasteiger partial charge in [0.1, 0.15) is 10.8 Å². The Morgan fingerprint density at radius 1 is 1.43 bits per heavy atom. The van der Waals surface area contributed by atoms with E-state index < -0.39 is 11.0 Å². The van der Waals surface area contributed by atoms with E-state index in [0.717, 1.165) is 6.92 Å². The summed E-state index contributed by atoms with van der Waals surface area (Å²) in [5.41, 5.74) is 0.488. The van der Waals surface area contributed by atoms with Gasteiger partial charge in [0.15, 0.2) is 0 Å². The molecule has 5 heteroatoms. The van der Waals surface area contributed by atoms with Crippen molar-refractivity contribution in [2.75, 3.05) is 0 Å². The molecular weight excluding hydrogens is 252 g/mol. The Bertz CT molecular complexity index is 295. The average molecular weight is 263 g/mol. The minimum absolute atomic E-state index is 0.104. The molecule has 0 aromatic heterocycles. The van der Waals surface area contributed by atoms with Gasteiger partial charge < -0.3 is 15.3 Å². The van der Waals surface area contributed by atoms with Crippen LogP contribution in [-0.2, 0) is 4.79 Å². The molecule has 1 aromatic carbocycles. The van der Waals surface area contributed by atoms with Crippen molar-refractivity contribution in [3.8, 4) is 5.75 Å². The summed E-state index contributed by atoms with van der Waals surface area (Å²) in [6.07, 6.45) is 0. The highest BCUT2D eigenvalue weighted by Crippen LogP contribution is 2.26. The number of hydrogen-bond donors (Lipinski definition) is 3. The number of phenols is 1. The van der Waals surface area contributed by atoms with Crippen LogP contribution in [0.15, 0.2) is 24.3 Å². The summed E-state index contributed by atoms with van der Waals surface area (Å²) in [6, 6.07) is 6.63. The molecule has 0 amide bonds. The first-order valence-corrected chi connectivity index (χ1v) is 4.66. The summed E-state index contributed by atoms with van der Waals surface area (Å²) in [5, 5.41) is 24.7. The molecule has 4 nitrogen and oxygen atoms in total. The van der Waals surface area contributed by atoms with Crippen LogP contribution in [0.1, 0.15) is 17.5 Å². The Morgan fingerprint density at radius 2 is 1.86 bits per heavy atom. The highest BCUT2D eigenvalue weighted by Gasteiger charge is 2.05. The molecule has 0 aliphatic heterocycles. The van der Waals surface area contributed by atoms with Crippen molar-refractivity contribution in [1.29, 1.82) is 0 Å². The number of hydrogen-bond acceptors (Lipinski definition) is 3. The molecule has 0 saturated heterocycles. The molecular formula is C9H11BrO4. The van der Waals surface area contributed by atoms with Crippen molar-refractivity contribution in [2.45, 2.75) is 11.9 Å². The van der Waals surface area contributed by atoms with E-state index >= 15 is 0 Å². The van der Waals surface area contributed by atoms with E-state index in [1.165, 1.54) is 6.07 Å². The molecule has 14 heavy (non-hydrogen) atoms. The number of alkyl halides is 1. The van der Waals surface area contributed by atoms with Crippen LogP contribution >= 0.6 is 15.9 Å². The second-order valence-corrected chi connectivity index (χ2v) is 3.28. The summed E-state index contributed by atoms with van der Waals surface area (Å²) in [7, 11) is 0. The maximum atomic E-state index is 9.09. The van der Waals surface area contributed by atoms with Crippen LogP contribution in [-0.4, -0.2) is 21.3 Å². The molecule has 1 rings (SSSR count). The van der Waals surface area contributed by atoms with Crippen molar-refractivity contribution in [3.63, 3.8) is 0 Å². The monoisotopic (exact) mass is 262 g/mol. The smallest absolute Gasteiger partial charge is 0.300 e. The number of para-hydroxylation sites is 1. The Balaban J connectivity index is 0.000000364. The first-order valence-electron chi connectivity index (χ1n) is 3.74. The Hall–Kier alpha value is -1.07. The number of aromatic hydroxyl groups is 1. The van der Waals surface area contributed by atoms with Crippen molar-refractivity contribution < 1.29 is 20.1 Å². The molecule has 0 heterocycles. The number of aliphatic hydroxyl groups is 1. The van der Waals surface area contributed by atoms with E-state index in [2.05, 4.69) is 15.9 Å². The fourth-order valence-electron chi connectivity index (χ4n) is 0.689. The van der Waals surface area contributed by atoms with Gasteiger partial charge in [0.25, 0.3) is 5.97 Å². The molecule has 3 N–H and O–H groups in total. The lowest BCUT2D eigenvalue weighted by molar-refractivity contribution is -0.134. The number of rotatable bonds is 1. The molecule has 1 aromatic rings. The van der Waals surface area contributed by atoms with Crippen LogP contribution in [0.3, 0.4) is 0 Å². The van der Waals surface area contributed by atoms with E-state index in [1.807, 2.05) is 0 Å². The third kappa shape index (κ3) is 5.55. The number of aliphatic carboxylic acids is 1. The number of carbonyl (C=O) groups is 1. The number of carboxylic acids is 1. The van der Waals surface area contributed by atoms with E-state index in [-0.39, 0.29) is 5.75 Å². The predicted molar refractivity (Wildman–Crippen MR) is 55.3 cm³/mol. The lowest BCUT2D eigenvalue weighted by Crippen LogP contribution is -1.86. The van der Waals surface area contributed by atoms with Gasteiger partial charge >= 0.3 is 0 Å². The van der Waals surface area contributed by atoms with Crippen LogP contribution in [0, 0.1) is 0 Å². The highest BCUT2D eigenvalue weighted by atomic mass is 79.9. The molecule has 0 saturated carbocycles. The lowest BCUT2D eigenvalue weighted by atomic mass is 10.2. The molecule has 0 aliphatic carbocycles. The summed E-state index contributed by atoms with van der Waals surface area (Å²) in [6.45, 7) is 1.08. The van der Waals surface area contributed by atoms with Crippen molar-refractivity contribution in [2.24, 2.45) is 0 Å². The van der Waals surface area contributed by atoms with Crippen LogP contribution in [0.25, 0.3) is 0 Å². The van der Waals surface area contributed by atoms with E-state index in [9.17, 15) is 0 Å². The standard InChI is InChI=1S/C7H7BrO2.C2H4O2/c8-7(10)5-3-1-2-4-6(5)9;1-2(3)4/h1-4,7,9-10H;1H3,(H,3,4). The number of aliphatic hydroxyl groups excluding tert-OH is 1. The minimum atomic E-state index is -0.833. The normalized spacial score (nSPS) is 11.1. The number of halogens is 1. The van der Waals surface area contributed by atoms with Gasteiger partial charge in [-0.2, -0.15) is 0 Å². The van der Waals surface area contributed by atoms with Gasteiger partial charge in [-0.25, -0.2) is 0 Å². The Labute approximate surface area is 89.9 Å². The van der Waals surface area contributed by atoms with Crippen LogP contribution in [0.2, 0.25) is 0 Å². The summed E-state index contributed by atoms with van der Waals surface area (Å²) in [5.74, 6) is -0.730. The molecule has 1 atom stereocenters. The van der Waals surface area contributed by atoms with E-state index in [0.29, 0.717) is 5.56 Å². The molecule has 1 unspecified atom stereocenters. The quantitative estimate of drug-likeness (QED) is 0.676. The second kappa shape index (κ2) is 6.39. The topological polar surface area (TPSA) is 77.8 Å². The molecule has 0 spiro atoms. The Morgan fingerprint density at radius 3 is 2.14 bits per heavy atom. The van der Waals surface area contributed by atoms with Gasteiger partial charge in [-0.05, 0) is 6.07 Å². The summed E-state index contributed by atoms with van der Waals surface area (Å²) in [4.78, 5) is 9.00.